The fourth-order valence-corrected chi connectivity index (χ4v) is 3.22. The number of hydrogen-bond acceptors (Lipinski definition) is 3. The van der Waals surface area contributed by atoms with Crippen molar-refractivity contribution in [2.24, 2.45) is 5.73 Å². The summed E-state index contributed by atoms with van der Waals surface area (Å²) in [5.74, 6) is 0.747. The van der Waals surface area contributed by atoms with E-state index < -0.39 is 6.03 Å². The Morgan fingerprint density at radius 2 is 1.96 bits per heavy atom. The van der Waals surface area contributed by atoms with E-state index in [1.807, 2.05) is 29.2 Å². The Kier molecular flexibility index (Phi) is 4.88. The Morgan fingerprint density at radius 3 is 2.64 bits per heavy atom. The third kappa shape index (κ3) is 3.74. The highest BCUT2D eigenvalue weighted by Crippen LogP contribution is 2.34. The van der Waals surface area contributed by atoms with Crippen molar-refractivity contribution in [3.63, 3.8) is 0 Å². The van der Waals surface area contributed by atoms with E-state index >= 15 is 0 Å². The monoisotopic (exact) mass is 339 g/mol. The maximum atomic E-state index is 12.9. The molecule has 1 heterocycles. The molecule has 130 valence electrons. The maximum Gasteiger partial charge on any atom is 0.316 e. The Bertz CT molecular complexity index is 774. The summed E-state index contributed by atoms with van der Waals surface area (Å²) in [5.41, 5.74) is 7.28. The SMILES string of the molecule is COc1ccc(C2CCCN2C(=O)c2cccc(NC(N)=O)c2)cc1. The molecule has 0 bridgehead atoms. The first-order valence-electron chi connectivity index (χ1n) is 8.20. The van der Waals surface area contributed by atoms with Gasteiger partial charge in [-0.05, 0) is 48.7 Å². The van der Waals surface area contributed by atoms with Crippen LogP contribution in [0, 0.1) is 0 Å². The molecule has 1 atom stereocenters. The van der Waals surface area contributed by atoms with Crippen molar-refractivity contribution < 1.29 is 14.3 Å². The topological polar surface area (TPSA) is 84.7 Å². The second kappa shape index (κ2) is 7.25. The number of anilines is 1. The van der Waals surface area contributed by atoms with Crippen molar-refractivity contribution in [2.45, 2.75) is 18.9 Å². The van der Waals surface area contributed by atoms with Crippen LogP contribution in [0.5, 0.6) is 5.75 Å². The van der Waals surface area contributed by atoms with Gasteiger partial charge in [-0.1, -0.05) is 18.2 Å². The van der Waals surface area contributed by atoms with Crippen molar-refractivity contribution in [3.05, 3.63) is 59.7 Å². The highest BCUT2D eigenvalue weighted by molar-refractivity contribution is 5.97. The van der Waals surface area contributed by atoms with Crippen LogP contribution in [-0.4, -0.2) is 30.5 Å². The zero-order valence-electron chi connectivity index (χ0n) is 14.1. The molecule has 0 radical (unpaired) electrons. The van der Waals surface area contributed by atoms with Gasteiger partial charge in [0.2, 0.25) is 0 Å². The minimum atomic E-state index is -0.651. The number of carbonyl (C=O) groups excluding carboxylic acids is 2. The minimum Gasteiger partial charge on any atom is -0.497 e. The lowest BCUT2D eigenvalue weighted by atomic mass is 10.0. The predicted molar refractivity (Wildman–Crippen MR) is 95.7 cm³/mol. The second-order valence-corrected chi connectivity index (χ2v) is 6.00. The lowest BCUT2D eigenvalue weighted by molar-refractivity contribution is 0.0735. The fourth-order valence-electron chi connectivity index (χ4n) is 3.22. The number of benzene rings is 2. The van der Waals surface area contributed by atoms with E-state index in [0.717, 1.165) is 24.2 Å². The van der Waals surface area contributed by atoms with Crippen molar-refractivity contribution in [3.8, 4) is 5.75 Å². The number of amides is 3. The number of rotatable bonds is 4. The molecule has 1 fully saturated rings. The first-order valence-corrected chi connectivity index (χ1v) is 8.20. The molecule has 1 saturated heterocycles. The number of methoxy groups -OCH3 is 1. The molecule has 6 nitrogen and oxygen atoms in total. The van der Waals surface area contributed by atoms with Gasteiger partial charge >= 0.3 is 6.03 Å². The molecule has 0 aliphatic carbocycles. The van der Waals surface area contributed by atoms with E-state index in [1.165, 1.54) is 0 Å². The van der Waals surface area contributed by atoms with Crippen LogP contribution in [0.2, 0.25) is 0 Å². The van der Waals surface area contributed by atoms with Gasteiger partial charge in [0.1, 0.15) is 5.75 Å². The van der Waals surface area contributed by atoms with Crippen LogP contribution < -0.4 is 15.8 Å². The molecule has 3 N–H and O–H groups in total. The lowest BCUT2D eigenvalue weighted by Crippen LogP contribution is -2.30. The molecule has 0 aromatic heterocycles. The number of primary amides is 1. The second-order valence-electron chi connectivity index (χ2n) is 6.00. The number of likely N-dealkylation sites (tertiary alicyclic amines) is 1. The summed E-state index contributed by atoms with van der Waals surface area (Å²) in [6.45, 7) is 0.711. The molecular formula is C19H21N3O3. The van der Waals surface area contributed by atoms with Gasteiger partial charge in [0.15, 0.2) is 0 Å². The zero-order chi connectivity index (χ0) is 17.8. The largest absolute Gasteiger partial charge is 0.497 e. The van der Waals surface area contributed by atoms with Crippen LogP contribution in [0.15, 0.2) is 48.5 Å². The van der Waals surface area contributed by atoms with Gasteiger partial charge in [0.25, 0.3) is 5.91 Å². The minimum absolute atomic E-state index is 0.0474. The number of urea groups is 1. The average Bonchev–Trinajstić information content (AvgIpc) is 3.10. The summed E-state index contributed by atoms with van der Waals surface area (Å²) in [5, 5.41) is 2.50. The third-order valence-corrected chi connectivity index (χ3v) is 4.39. The molecule has 25 heavy (non-hydrogen) atoms. The summed E-state index contributed by atoms with van der Waals surface area (Å²) < 4.78 is 5.20. The van der Waals surface area contributed by atoms with Gasteiger partial charge in [-0.3, -0.25) is 4.79 Å². The number of hydrogen-bond donors (Lipinski definition) is 2. The molecule has 0 spiro atoms. The first-order chi connectivity index (χ1) is 12.1. The summed E-state index contributed by atoms with van der Waals surface area (Å²) >= 11 is 0. The Labute approximate surface area is 146 Å². The highest BCUT2D eigenvalue weighted by atomic mass is 16.5. The third-order valence-electron chi connectivity index (χ3n) is 4.39. The van der Waals surface area contributed by atoms with Crippen molar-refractivity contribution in [1.82, 2.24) is 4.90 Å². The molecule has 1 aliphatic rings. The molecule has 1 aliphatic heterocycles. The normalized spacial score (nSPS) is 16.5. The van der Waals surface area contributed by atoms with E-state index in [9.17, 15) is 9.59 Å². The van der Waals surface area contributed by atoms with Gasteiger partial charge in [-0.25, -0.2) is 4.79 Å². The Balaban J connectivity index is 1.81. The zero-order valence-corrected chi connectivity index (χ0v) is 14.1. The predicted octanol–water partition coefficient (Wildman–Crippen LogP) is 3.16. The number of carbonyl (C=O) groups is 2. The van der Waals surface area contributed by atoms with Gasteiger partial charge in [0.05, 0.1) is 13.2 Å². The highest BCUT2D eigenvalue weighted by Gasteiger charge is 2.30. The van der Waals surface area contributed by atoms with Crippen molar-refractivity contribution >= 4 is 17.6 Å². The molecule has 6 heteroatoms. The van der Waals surface area contributed by atoms with Crippen molar-refractivity contribution in [1.29, 1.82) is 0 Å². The van der Waals surface area contributed by atoms with Gasteiger partial charge < -0.3 is 20.7 Å². The summed E-state index contributed by atoms with van der Waals surface area (Å²) in [7, 11) is 1.63. The molecular weight excluding hydrogens is 318 g/mol. The lowest BCUT2D eigenvalue weighted by Gasteiger charge is -2.25. The number of nitrogens with one attached hydrogen (secondary N) is 1. The van der Waals surface area contributed by atoms with E-state index in [0.29, 0.717) is 17.8 Å². The van der Waals surface area contributed by atoms with E-state index in [4.69, 9.17) is 10.5 Å². The Hall–Kier alpha value is -3.02. The Morgan fingerprint density at radius 1 is 1.20 bits per heavy atom. The standard InChI is InChI=1S/C19H21N3O3/c1-25-16-9-7-13(8-10-16)17-6-3-11-22(17)18(23)14-4-2-5-15(12-14)21-19(20)24/h2,4-5,7-10,12,17H,3,6,11H2,1H3,(H3,20,21,24). The molecule has 2 aromatic rings. The van der Waals surface area contributed by atoms with Crippen LogP contribution in [0.4, 0.5) is 10.5 Å². The average molecular weight is 339 g/mol. The molecule has 3 rings (SSSR count). The van der Waals surface area contributed by atoms with Crippen molar-refractivity contribution in [2.75, 3.05) is 19.0 Å². The first kappa shape index (κ1) is 16.8. The number of nitrogens with two attached hydrogens (primary N) is 1. The van der Waals surface area contributed by atoms with E-state index in [1.54, 1.807) is 31.4 Å². The summed E-state index contributed by atoms with van der Waals surface area (Å²) in [4.78, 5) is 25.8. The maximum absolute atomic E-state index is 12.9. The van der Waals surface area contributed by atoms with Crippen LogP contribution in [0.25, 0.3) is 0 Å². The van der Waals surface area contributed by atoms with E-state index in [-0.39, 0.29) is 11.9 Å². The van der Waals surface area contributed by atoms with Crippen LogP contribution in [-0.2, 0) is 0 Å². The smallest absolute Gasteiger partial charge is 0.316 e. The van der Waals surface area contributed by atoms with Gasteiger partial charge in [0, 0.05) is 17.8 Å². The summed E-state index contributed by atoms with van der Waals surface area (Å²) in [6.07, 6.45) is 1.89. The fraction of sp³-hybridized carbons (Fsp3) is 0.263. The number of ether oxygens (including phenoxy) is 1. The van der Waals surface area contributed by atoms with Crippen LogP contribution in [0.3, 0.4) is 0 Å². The molecule has 0 saturated carbocycles. The summed E-state index contributed by atoms with van der Waals surface area (Å²) in [6, 6.07) is 14.0. The van der Waals surface area contributed by atoms with Gasteiger partial charge in [-0.15, -0.1) is 0 Å². The van der Waals surface area contributed by atoms with Crippen LogP contribution in [0.1, 0.15) is 34.8 Å². The van der Waals surface area contributed by atoms with Gasteiger partial charge in [-0.2, -0.15) is 0 Å². The molecule has 3 amide bonds. The van der Waals surface area contributed by atoms with E-state index in [2.05, 4.69) is 5.32 Å². The van der Waals surface area contributed by atoms with Crippen LogP contribution >= 0.6 is 0 Å². The molecule has 1 unspecified atom stereocenters. The number of nitrogens with zero attached hydrogens (tertiary/aromatic N) is 1. The molecule has 2 aromatic carbocycles. The quantitative estimate of drug-likeness (QED) is 0.897.